The number of hydrogen-bond acceptors (Lipinski definition) is 3. The van der Waals surface area contributed by atoms with Gasteiger partial charge in [-0.2, -0.15) is 0 Å². The lowest BCUT2D eigenvalue weighted by Crippen LogP contribution is -2.07. The van der Waals surface area contributed by atoms with Gasteiger partial charge < -0.3 is 5.11 Å². The van der Waals surface area contributed by atoms with Crippen LogP contribution in [-0.4, -0.2) is 5.11 Å². The van der Waals surface area contributed by atoms with E-state index >= 15 is 0 Å². The molecule has 2 aromatic rings. The van der Waals surface area contributed by atoms with Gasteiger partial charge in [-0.25, -0.2) is 0 Å². The molecule has 0 saturated heterocycles. The molecule has 0 aliphatic carbocycles. The molecule has 18 heavy (non-hydrogen) atoms. The molecule has 2 aromatic heterocycles. The highest BCUT2D eigenvalue weighted by atomic mass is 35.5. The van der Waals surface area contributed by atoms with Crippen molar-refractivity contribution in [1.82, 2.24) is 0 Å². The minimum absolute atomic E-state index is 0.0960. The van der Waals surface area contributed by atoms with Crippen LogP contribution in [0.5, 0.6) is 0 Å². The van der Waals surface area contributed by atoms with E-state index in [1.807, 2.05) is 6.07 Å². The molecule has 0 radical (unpaired) electrons. The zero-order valence-corrected chi connectivity index (χ0v) is 13.5. The van der Waals surface area contributed by atoms with E-state index in [-0.39, 0.29) is 5.41 Å². The topological polar surface area (TPSA) is 20.2 Å². The van der Waals surface area contributed by atoms with Crippen molar-refractivity contribution in [2.75, 3.05) is 0 Å². The van der Waals surface area contributed by atoms with Crippen LogP contribution in [0.3, 0.4) is 0 Å². The molecule has 1 unspecified atom stereocenters. The van der Waals surface area contributed by atoms with E-state index in [9.17, 15) is 5.11 Å². The van der Waals surface area contributed by atoms with E-state index in [1.54, 1.807) is 17.4 Å². The van der Waals surface area contributed by atoms with Crippen molar-refractivity contribution in [2.45, 2.75) is 32.3 Å². The van der Waals surface area contributed by atoms with Gasteiger partial charge in [0.25, 0.3) is 0 Å². The van der Waals surface area contributed by atoms with Crippen molar-refractivity contribution in [3.05, 3.63) is 42.2 Å². The molecule has 5 heteroatoms. The van der Waals surface area contributed by atoms with Gasteiger partial charge in [0.2, 0.25) is 0 Å². The average Bonchev–Trinajstić information content (AvgIpc) is 2.83. The van der Waals surface area contributed by atoms with Crippen LogP contribution in [0.1, 0.15) is 42.2 Å². The third-order valence-electron chi connectivity index (χ3n) is 2.61. The molecule has 98 valence electrons. The predicted octanol–water partition coefficient (Wildman–Crippen LogP) is 5.50. The number of aliphatic hydroxyl groups is 1. The van der Waals surface area contributed by atoms with Crippen molar-refractivity contribution in [1.29, 1.82) is 0 Å². The van der Waals surface area contributed by atoms with Gasteiger partial charge in [-0.05, 0) is 23.6 Å². The Balaban J connectivity index is 2.32. The Hall–Kier alpha value is -0.0600. The van der Waals surface area contributed by atoms with E-state index < -0.39 is 6.10 Å². The Morgan fingerprint density at radius 3 is 2.28 bits per heavy atom. The molecule has 0 bridgehead atoms. The monoisotopic (exact) mass is 320 g/mol. The Morgan fingerprint density at radius 2 is 1.83 bits per heavy atom. The first-order valence-electron chi connectivity index (χ1n) is 5.52. The number of halogens is 2. The van der Waals surface area contributed by atoms with Crippen LogP contribution in [0, 0.1) is 0 Å². The smallest absolute Gasteiger partial charge is 0.116 e. The Labute approximate surface area is 125 Å². The summed E-state index contributed by atoms with van der Waals surface area (Å²) in [5.41, 5.74) is 0.785. The van der Waals surface area contributed by atoms with E-state index in [4.69, 9.17) is 23.2 Å². The molecule has 0 aliphatic heterocycles. The SMILES string of the molecule is CC(C)(C)c1ccc(C(O)c2cc(Cl)sc2Cl)s1. The summed E-state index contributed by atoms with van der Waals surface area (Å²) in [4.78, 5) is 2.14. The molecule has 1 atom stereocenters. The first-order valence-corrected chi connectivity index (χ1v) is 7.91. The quantitative estimate of drug-likeness (QED) is 0.775. The van der Waals surface area contributed by atoms with Crippen molar-refractivity contribution in [2.24, 2.45) is 0 Å². The van der Waals surface area contributed by atoms with E-state index in [2.05, 4.69) is 26.8 Å². The van der Waals surface area contributed by atoms with E-state index in [1.165, 1.54) is 16.2 Å². The zero-order valence-electron chi connectivity index (χ0n) is 10.3. The van der Waals surface area contributed by atoms with Gasteiger partial charge in [0.15, 0.2) is 0 Å². The zero-order chi connectivity index (χ0) is 13.5. The van der Waals surface area contributed by atoms with Crippen LogP contribution in [-0.2, 0) is 5.41 Å². The lowest BCUT2D eigenvalue weighted by molar-refractivity contribution is 0.225. The van der Waals surface area contributed by atoms with Crippen LogP contribution in [0.25, 0.3) is 0 Å². The predicted molar refractivity (Wildman–Crippen MR) is 81.4 cm³/mol. The number of thiophene rings is 2. The van der Waals surface area contributed by atoms with Gasteiger partial charge in [0.1, 0.15) is 10.4 Å². The fourth-order valence-corrected chi connectivity index (χ4v) is 4.19. The fourth-order valence-electron chi connectivity index (χ4n) is 1.60. The average molecular weight is 321 g/mol. The summed E-state index contributed by atoms with van der Waals surface area (Å²) < 4.78 is 1.15. The maximum atomic E-state index is 10.3. The largest absolute Gasteiger partial charge is 0.383 e. The first kappa shape index (κ1) is 14.4. The number of aliphatic hydroxyl groups excluding tert-OH is 1. The summed E-state index contributed by atoms with van der Waals surface area (Å²) in [6, 6.07) is 5.75. The number of rotatable bonds is 2. The van der Waals surface area contributed by atoms with Crippen LogP contribution in [0.2, 0.25) is 8.67 Å². The Bertz CT molecular complexity index is 552. The van der Waals surface area contributed by atoms with Gasteiger partial charge >= 0.3 is 0 Å². The molecule has 0 aromatic carbocycles. The second kappa shape index (κ2) is 5.14. The van der Waals surface area contributed by atoms with Crippen molar-refractivity contribution in [3.63, 3.8) is 0 Å². The third kappa shape index (κ3) is 2.91. The third-order valence-corrected chi connectivity index (χ3v) is 5.69. The Kier molecular flexibility index (Phi) is 4.10. The maximum absolute atomic E-state index is 10.3. The lowest BCUT2D eigenvalue weighted by atomic mass is 9.95. The summed E-state index contributed by atoms with van der Waals surface area (Å²) in [6.07, 6.45) is -0.692. The molecular weight excluding hydrogens is 307 g/mol. The molecule has 0 fully saturated rings. The fraction of sp³-hybridized carbons (Fsp3) is 0.385. The second-order valence-electron chi connectivity index (χ2n) is 5.13. The highest BCUT2D eigenvalue weighted by molar-refractivity contribution is 7.20. The summed E-state index contributed by atoms with van der Waals surface area (Å²) in [6.45, 7) is 6.47. The molecule has 0 amide bonds. The van der Waals surface area contributed by atoms with Crippen molar-refractivity contribution in [3.8, 4) is 0 Å². The molecule has 2 heterocycles. The van der Waals surface area contributed by atoms with E-state index in [0.29, 0.717) is 14.2 Å². The van der Waals surface area contributed by atoms with Gasteiger partial charge in [-0.15, -0.1) is 22.7 Å². The van der Waals surface area contributed by atoms with Gasteiger partial charge in [0, 0.05) is 15.3 Å². The minimum Gasteiger partial charge on any atom is -0.383 e. The maximum Gasteiger partial charge on any atom is 0.116 e. The molecule has 0 spiro atoms. The molecule has 1 nitrogen and oxygen atoms in total. The lowest BCUT2D eigenvalue weighted by Gasteiger charge is -2.15. The van der Waals surface area contributed by atoms with Crippen LogP contribution in [0.4, 0.5) is 0 Å². The van der Waals surface area contributed by atoms with Gasteiger partial charge in [-0.1, -0.05) is 44.0 Å². The summed E-state index contributed by atoms with van der Waals surface area (Å²) >= 11 is 14.9. The summed E-state index contributed by atoms with van der Waals surface area (Å²) in [5, 5.41) is 10.3. The highest BCUT2D eigenvalue weighted by Crippen LogP contribution is 2.40. The molecule has 0 aliphatic rings. The Morgan fingerprint density at radius 1 is 1.17 bits per heavy atom. The van der Waals surface area contributed by atoms with Crippen LogP contribution < -0.4 is 0 Å². The molecule has 1 N–H and O–H groups in total. The minimum atomic E-state index is -0.692. The first-order chi connectivity index (χ1) is 8.29. The van der Waals surface area contributed by atoms with Crippen molar-refractivity contribution < 1.29 is 5.11 Å². The van der Waals surface area contributed by atoms with Gasteiger partial charge in [0.05, 0.1) is 4.34 Å². The standard InChI is InChI=1S/C13H14Cl2OS2/c1-13(2,3)9-5-4-8(17-9)11(16)7-6-10(14)18-12(7)15/h4-6,11,16H,1-3H3. The highest BCUT2D eigenvalue weighted by Gasteiger charge is 2.22. The molecule has 0 saturated carbocycles. The van der Waals surface area contributed by atoms with Crippen LogP contribution in [0.15, 0.2) is 18.2 Å². The molecular formula is C13H14Cl2OS2. The number of hydrogen-bond donors (Lipinski definition) is 1. The summed E-state index contributed by atoms with van der Waals surface area (Å²) in [7, 11) is 0. The summed E-state index contributed by atoms with van der Waals surface area (Å²) in [5.74, 6) is 0. The van der Waals surface area contributed by atoms with Crippen LogP contribution >= 0.6 is 45.9 Å². The second-order valence-corrected chi connectivity index (χ2v) is 8.54. The normalized spacial score (nSPS) is 13.9. The van der Waals surface area contributed by atoms with Crippen molar-refractivity contribution >= 4 is 45.9 Å². The van der Waals surface area contributed by atoms with E-state index in [0.717, 1.165) is 4.88 Å². The van der Waals surface area contributed by atoms with Gasteiger partial charge in [-0.3, -0.25) is 0 Å². The molecule has 2 rings (SSSR count).